The van der Waals surface area contributed by atoms with Crippen LogP contribution in [0.25, 0.3) is 11.0 Å². The molecule has 0 radical (unpaired) electrons. The molecule has 1 saturated carbocycles. The highest BCUT2D eigenvalue weighted by molar-refractivity contribution is 5.87. The number of fused-ring (bicyclic) bond motifs is 1. The number of hydrogen-bond acceptors (Lipinski definition) is 5. The van der Waals surface area contributed by atoms with Crippen molar-refractivity contribution in [3.05, 3.63) is 6.20 Å². The summed E-state index contributed by atoms with van der Waals surface area (Å²) in [6, 6.07) is 0. The van der Waals surface area contributed by atoms with Crippen LogP contribution in [0.15, 0.2) is 6.20 Å². The van der Waals surface area contributed by atoms with Crippen LogP contribution < -0.4 is 10.2 Å². The van der Waals surface area contributed by atoms with Crippen molar-refractivity contribution in [2.75, 3.05) is 30.4 Å². The van der Waals surface area contributed by atoms with Crippen molar-refractivity contribution in [2.45, 2.75) is 26.2 Å². The highest BCUT2D eigenvalue weighted by atomic mass is 15.3. The molecule has 0 bridgehead atoms. The van der Waals surface area contributed by atoms with Crippen LogP contribution in [-0.4, -0.2) is 40.3 Å². The van der Waals surface area contributed by atoms with E-state index in [9.17, 15) is 0 Å². The van der Waals surface area contributed by atoms with Crippen LogP contribution >= 0.6 is 0 Å². The summed E-state index contributed by atoms with van der Waals surface area (Å²) in [6.07, 6.45) is 5.87. The Morgan fingerprint density at radius 2 is 2.26 bits per heavy atom. The van der Waals surface area contributed by atoms with Crippen LogP contribution in [-0.2, 0) is 0 Å². The van der Waals surface area contributed by atoms with Gasteiger partial charge < -0.3 is 10.2 Å². The number of nitrogens with one attached hydrogen (secondary N) is 2. The fraction of sp³-hybridized carbons (Fsp3) is 0.615. The number of rotatable bonds is 5. The quantitative estimate of drug-likeness (QED) is 0.860. The van der Waals surface area contributed by atoms with E-state index in [-0.39, 0.29) is 0 Å². The van der Waals surface area contributed by atoms with Gasteiger partial charge in [-0.15, -0.1) is 0 Å². The van der Waals surface area contributed by atoms with Crippen molar-refractivity contribution in [1.82, 2.24) is 20.2 Å². The topological polar surface area (TPSA) is 69.7 Å². The summed E-state index contributed by atoms with van der Waals surface area (Å²) >= 11 is 0. The Kier molecular flexibility index (Phi) is 3.23. The fourth-order valence-corrected chi connectivity index (χ4v) is 2.52. The summed E-state index contributed by atoms with van der Waals surface area (Å²) in [4.78, 5) is 11.3. The molecule has 2 aromatic heterocycles. The van der Waals surface area contributed by atoms with E-state index in [2.05, 4.69) is 37.3 Å². The van der Waals surface area contributed by atoms with Crippen molar-refractivity contribution in [2.24, 2.45) is 5.92 Å². The van der Waals surface area contributed by atoms with Gasteiger partial charge in [0, 0.05) is 20.1 Å². The van der Waals surface area contributed by atoms with Gasteiger partial charge in [-0.3, -0.25) is 5.10 Å². The third-order valence-corrected chi connectivity index (χ3v) is 3.90. The number of aromatic nitrogens is 4. The molecule has 1 aliphatic rings. The van der Waals surface area contributed by atoms with E-state index in [1.54, 1.807) is 0 Å². The van der Waals surface area contributed by atoms with Gasteiger partial charge in [0.2, 0.25) is 5.95 Å². The fourth-order valence-electron chi connectivity index (χ4n) is 2.52. The lowest BCUT2D eigenvalue weighted by molar-refractivity contribution is 0.318. The lowest BCUT2D eigenvalue weighted by Crippen LogP contribution is -2.33. The second-order valence-corrected chi connectivity index (χ2v) is 5.09. The second kappa shape index (κ2) is 5.03. The number of aromatic amines is 1. The monoisotopic (exact) mass is 260 g/mol. The Balaban J connectivity index is 1.97. The molecule has 0 aromatic carbocycles. The van der Waals surface area contributed by atoms with Gasteiger partial charge in [0.15, 0.2) is 5.65 Å². The number of anilines is 2. The van der Waals surface area contributed by atoms with Crippen molar-refractivity contribution >= 4 is 22.8 Å². The molecule has 0 amide bonds. The van der Waals surface area contributed by atoms with E-state index in [1.165, 1.54) is 19.3 Å². The third kappa shape index (κ3) is 2.22. The van der Waals surface area contributed by atoms with Crippen molar-refractivity contribution in [1.29, 1.82) is 0 Å². The molecule has 19 heavy (non-hydrogen) atoms. The van der Waals surface area contributed by atoms with E-state index < -0.39 is 0 Å². The first kappa shape index (κ1) is 12.2. The zero-order valence-electron chi connectivity index (χ0n) is 11.5. The minimum Gasteiger partial charge on any atom is -0.357 e. The van der Waals surface area contributed by atoms with Gasteiger partial charge in [-0.2, -0.15) is 15.1 Å². The summed E-state index contributed by atoms with van der Waals surface area (Å²) in [7, 11) is 1.84. The van der Waals surface area contributed by atoms with Crippen LogP contribution in [0.2, 0.25) is 0 Å². The van der Waals surface area contributed by atoms with Gasteiger partial charge in [-0.25, -0.2) is 0 Å². The van der Waals surface area contributed by atoms with Crippen LogP contribution in [0.4, 0.5) is 11.8 Å². The summed E-state index contributed by atoms with van der Waals surface area (Å²) in [6.45, 7) is 4.21. The first-order valence-electron chi connectivity index (χ1n) is 6.95. The SMILES string of the molecule is CCN(CC1CCC1)c1nc(NC)nc2[nH]ncc12. The number of hydrogen-bond donors (Lipinski definition) is 2. The summed E-state index contributed by atoms with van der Waals surface area (Å²) in [5.41, 5.74) is 0.793. The predicted molar refractivity (Wildman–Crippen MR) is 76.5 cm³/mol. The van der Waals surface area contributed by atoms with Crippen molar-refractivity contribution < 1.29 is 0 Å². The van der Waals surface area contributed by atoms with Crippen LogP contribution in [0, 0.1) is 5.92 Å². The first-order chi connectivity index (χ1) is 9.31. The normalized spacial score (nSPS) is 15.5. The van der Waals surface area contributed by atoms with Crippen molar-refractivity contribution in [3.63, 3.8) is 0 Å². The van der Waals surface area contributed by atoms with E-state index >= 15 is 0 Å². The molecule has 2 N–H and O–H groups in total. The average Bonchev–Trinajstić information content (AvgIpc) is 2.85. The molecule has 6 heteroatoms. The molecule has 102 valence electrons. The molecule has 0 spiro atoms. The zero-order chi connectivity index (χ0) is 13.2. The number of nitrogens with zero attached hydrogens (tertiary/aromatic N) is 4. The molecule has 2 heterocycles. The first-order valence-corrected chi connectivity index (χ1v) is 6.95. The van der Waals surface area contributed by atoms with Gasteiger partial charge in [0.05, 0.1) is 11.6 Å². The molecule has 3 rings (SSSR count). The highest BCUT2D eigenvalue weighted by Crippen LogP contribution is 2.30. The molecular formula is C13H20N6. The molecule has 0 atom stereocenters. The maximum Gasteiger partial charge on any atom is 0.226 e. The lowest BCUT2D eigenvalue weighted by Gasteiger charge is -2.32. The molecule has 1 aliphatic carbocycles. The van der Waals surface area contributed by atoms with Gasteiger partial charge in [0.1, 0.15) is 5.82 Å². The van der Waals surface area contributed by atoms with E-state index in [4.69, 9.17) is 0 Å². The molecule has 0 unspecified atom stereocenters. The van der Waals surface area contributed by atoms with E-state index in [1.807, 2.05) is 13.2 Å². The smallest absolute Gasteiger partial charge is 0.226 e. The van der Waals surface area contributed by atoms with Crippen LogP contribution in [0.3, 0.4) is 0 Å². The zero-order valence-corrected chi connectivity index (χ0v) is 11.5. The molecule has 0 saturated heterocycles. The minimum atomic E-state index is 0.638. The summed E-state index contributed by atoms with van der Waals surface area (Å²) in [5.74, 6) is 2.44. The lowest BCUT2D eigenvalue weighted by atomic mass is 9.85. The highest BCUT2D eigenvalue weighted by Gasteiger charge is 2.22. The Hall–Kier alpha value is -1.85. The molecule has 2 aromatic rings. The van der Waals surface area contributed by atoms with Crippen LogP contribution in [0.5, 0.6) is 0 Å². The molecule has 6 nitrogen and oxygen atoms in total. The Labute approximate surface area is 112 Å². The predicted octanol–water partition coefficient (Wildman–Crippen LogP) is 2.02. The average molecular weight is 260 g/mol. The molecule has 0 aliphatic heterocycles. The Morgan fingerprint density at radius 1 is 1.42 bits per heavy atom. The largest absolute Gasteiger partial charge is 0.357 e. The third-order valence-electron chi connectivity index (χ3n) is 3.90. The Morgan fingerprint density at radius 3 is 2.89 bits per heavy atom. The molecular weight excluding hydrogens is 240 g/mol. The maximum atomic E-state index is 4.62. The minimum absolute atomic E-state index is 0.638. The van der Waals surface area contributed by atoms with Gasteiger partial charge in [-0.05, 0) is 25.7 Å². The van der Waals surface area contributed by atoms with Crippen LogP contribution in [0.1, 0.15) is 26.2 Å². The summed E-state index contributed by atoms with van der Waals surface area (Å²) < 4.78 is 0. The van der Waals surface area contributed by atoms with E-state index in [0.29, 0.717) is 5.95 Å². The standard InChI is InChI=1S/C13H20N6/c1-3-19(8-9-5-4-6-9)12-10-7-15-18-11(10)16-13(14-2)17-12/h7,9H,3-6,8H2,1-2H3,(H2,14,15,16,17,18). The second-order valence-electron chi connectivity index (χ2n) is 5.09. The van der Waals surface area contributed by atoms with E-state index in [0.717, 1.165) is 35.9 Å². The van der Waals surface area contributed by atoms with Crippen molar-refractivity contribution in [3.8, 4) is 0 Å². The van der Waals surface area contributed by atoms with Gasteiger partial charge in [-0.1, -0.05) is 6.42 Å². The maximum absolute atomic E-state index is 4.62. The Bertz CT molecular complexity index is 559. The van der Waals surface area contributed by atoms with Gasteiger partial charge >= 0.3 is 0 Å². The molecule has 1 fully saturated rings. The number of H-pyrrole nitrogens is 1. The summed E-state index contributed by atoms with van der Waals surface area (Å²) in [5, 5.41) is 11.0. The van der Waals surface area contributed by atoms with Gasteiger partial charge in [0.25, 0.3) is 0 Å².